The Bertz CT molecular complexity index is 377. The van der Waals surface area contributed by atoms with E-state index in [1.54, 1.807) is 20.3 Å². The number of nitrogens with one attached hydrogen (secondary N) is 1. The van der Waals surface area contributed by atoms with Crippen LogP contribution in [0.3, 0.4) is 0 Å². The summed E-state index contributed by atoms with van der Waals surface area (Å²) in [5.74, 6) is 1.75. The van der Waals surface area contributed by atoms with E-state index in [4.69, 9.17) is 9.47 Å². The number of hydrogen-bond donors (Lipinski definition) is 1. The maximum Gasteiger partial charge on any atom is 0.232 e. The molecule has 1 aliphatic rings. The van der Waals surface area contributed by atoms with Crippen LogP contribution in [0.4, 0.5) is 5.95 Å². The standard InChI is InChI=1S/C12H20N4O2/c1-13-8-9-5-4-6-16(9)12-14-10(17-2)7-11(15-12)18-3/h7,9,13H,4-6,8H2,1-3H3. The van der Waals surface area contributed by atoms with Crippen LogP contribution in [0, 0.1) is 0 Å². The van der Waals surface area contributed by atoms with Crippen molar-refractivity contribution in [3.63, 3.8) is 0 Å². The molecule has 1 aromatic rings. The van der Waals surface area contributed by atoms with Gasteiger partial charge in [0.2, 0.25) is 17.7 Å². The van der Waals surface area contributed by atoms with E-state index in [2.05, 4.69) is 20.2 Å². The Hall–Kier alpha value is -1.56. The second-order valence-electron chi connectivity index (χ2n) is 4.30. The molecule has 1 saturated heterocycles. The van der Waals surface area contributed by atoms with Crippen molar-refractivity contribution < 1.29 is 9.47 Å². The topological polar surface area (TPSA) is 59.5 Å². The van der Waals surface area contributed by atoms with Crippen molar-refractivity contribution in [3.8, 4) is 11.8 Å². The Kier molecular flexibility index (Phi) is 4.19. The zero-order chi connectivity index (χ0) is 13.0. The maximum atomic E-state index is 5.18. The fourth-order valence-electron chi connectivity index (χ4n) is 2.28. The summed E-state index contributed by atoms with van der Waals surface area (Å²) >= 11 is 0. The van der Waals surface area contributed by atoms with Crippen LogP contribution in [0.25, 0.3) is 0 Å². The van der Waals surface area contributed by atoms with Gasteiger partial charge >= 0.3 is 0 Å². The third-order valence-corrected chi connectivity index (χ3v) is 3.16. The number of rotatable bonds is 5. The summed E-state index contributed by atoms with van der Waals surface area (Å²) in [6.07, 6.45) is 2.32. The van der Waals surface area contributed by atoms with Crippen LogP contribution in [-0.2, 0) is 0 Å². The predicted molar refractivity (Wildman–Crippen MR) is 69.4 cm³/mol. The second-order valence-corrected chi connectivity index (χ2v) is 4.30. The van der Waals surface area contributed by atoms with Crippen molar-refractivity contribution in [2.24, 2.45) is 0 Å². The molecule has 0 bridgehead atoms. The lowest BCUT2D eigenvalue weighted by atomic mass is 10.2. The Morgan fingerprint density at radius 3 is 2.56 bits per heavy atom. The molecular formula is C12H20N4O2. The van der Waals surface area contributed by atoms with E-state index in [1.165, 1.54) is 0 Å². The highest BCUT2D eigenvalue weighted by molar-refractivity contribution is 5.39. The van der Waals surface area contributed by atoms with Gasteiger partial charge < -0.3 is 19.7 Å². The molecule has 1 aromatic heterocycles. The second kappa shape index (κ2) is 5.86. The molecule has 100 valence electrons. The fraction of sp³-hybridized carbons (Fsp3) is 0.667. The molecule has 0 amide bonds. The highest BCUT2D eigenvalue weighted by Gasteiger charge is 2.26. The van der Waals surface area contributed by atoms with Crippen molar-refractivity contribution in [3.05, 3.63) is 6.07 Å². The summed E-state index contributed by atoms with van der Waals surface area (Å²) in [7, 11) is 5.16. The van der Waals surface area contributed by atoms with Crippen molar-refractivity contribution in [1.29, 1.82) is 0 Å². The van der Waals surface area contributed by atoms with Gasteiger partial charge in [0.05, 0.1) is 20.3 Å². The minimum Gasteiger partial charge on any atom is -0.481 e. The van der Waals surface area contributed by atoms with Crippen molar-refractivity contribution in [2.45, 2.75) is 18.9 Å². The Balaban J connectivity index is 2.25. The van der Waals surface area contributed by atoms with Gasteiger partial charge in [-0.05, 0) is 19.9 Å². The van der Waals surface area contributed by atoms with E-state index >= 15 is 0 Å². The summed E-state index contributed by atoms with van der Waals surface area (Å²) in [4.78, 5) is 11.0. The number of likely N-dealkylation sites (N-methyl/N-ethyl adjacent to an activating group) is 1. The quantitative estimate of drug-likeness (QED) is 0.831. The number of hydrogen-bond acceptors (Lipinski definition) is 6. The van der Waals surface area contributed by atoms with Crippen molar-refractivity contribution in [2.75, 3.05) is 39.3 Å². The lowest BCUT2D eigenvalue weighted by molar-refractivity contribution is 0.371. The predicted octanol–water partition coefficient (Wildman–Crippen LogP) is 0.682. The fourth-order valence-corrected chi connectivity index (χ4v) is 2.28. The molecule has 6 heteroatoms. The van der Waals surface area contributed by atoms with Crippen LogP contribution >= 0.6 is 0 Å². The van der Waals surface area contributed by atoms with Crippen LogP contribution < -0.4 is 19.7 Å². The Morgan fingerprint density at radius 1 is 1.33 bits per heavy atom. The largest absolute Gasteiger partial charge is 0.481 e. The minimum atomic E-state index is 0.437. The van der Waals surface area contributed by atoms with E-state index in [9.17, 15) is 0 Å². The first-order chi connectivity index (χ1) is 8.78. The van der Waals surface area contributed by atoms with Crippen LogP contribution in [0.1, 0.15) is 12.8 Å². The molecule has 2 heterocycles. The molecule has 0 spiro atoms. The van der Waals surface area contributed by atoms with E-state index < -0.39 is 0 Å². The zero-order valence-electron chi connectivity index (χ0n) is 11.1. The minimum absolute atomic E-state index is 0.437. The molecule has 6 nitrogen and oxygen atoms in total. The smallest absolute Gasteiger partial charge is 0.232 e. The summed E-state index contributed by atoms with van der Waals surface area (Å²) in [6, 6.07) is 2.12. The molecule has 1 fully saturated rings. The van der Waals surface area contributed by atoms with Crippen LogP contribution in [0.2, 0.25) is 0 Å². The van der Waals surface area contributed by atoms with Crippen LogP contribution in [0.15, 0.2) is 6.07 Å². The van der Waals surface area contributed by atoms with Gasteiger partial charge in [-0.2, -0.15) is 9.97 Å². The maximum absolute atomic E-state index is 5.18. The van der Waals surface area contributed by atoms with Crippen molar-refractivity contribution in [1.82, 2.24) is 15.3 Å². The monoisotopic (exact) mass is 252 g/mol. The molecule has 0 aliphatic carbocycles. The van der Waals surface area contributed by atoms with E-state index in [-0.39, 0.29) is 0 Å². The number of ether oxygens (including phenoxy) is 2. The molecule has 2 rings (SSSR count). The van der Waals surface area contributed by atoms with Crippen molar-refractivity contribution >= 4 is 5.95 Å². The molecule has 0 radical (unpaired) electrons. The lowest BCUT2D eigenvalue weighted by Crippen LogP contribution is -2.37. The Morgan fingerprint density at radius 2 is 2.00 bits per heavy atom. The number of nitrogens with zero attached hydrogens (tertiary/aromatic N) is 3. The average molecular weight is 252 g/mol. The highest BCUT2D eigenvalue weighted by Crippen LogP contribution is 2.26. The van der Waals surface area contributed by atoms with Gasteiger partial charge in [0.15, 0.2) is 0 Å². The summed E-state index contributed by atoms with van der Waals surface area (Å²) in [5, 5.41) is 3.21. The van der Waals surface area contributed by atoms with Crippen LogP contribution in [-0.4, -0.2) is 50.4 Å². The molecule has 18 heavy (non-hydrogen) atoms. The number of methoxy groups -OCH3 is 2. The van der Waals surface area contributed by atoms with E-state index in [1.807, 2.05) is 7.05 Å². The first-order valence-corrected chi connectivity index (χ1v) is 6.16. The lowest BCUT2D eigenvalue weighted by Gasteiger charge is -2.24. The molecule has 1 N–H and O–H groups in total. The molecule has 0 saturated carbocycles. The highest BCUT2D eigenvalue weighted by atomic mass is 16.5. The first kappa shape index (κ1) is 12.9. The molecule has 1 aliphatic heterocycles. The molecule has 1 unspecified atom stereocenters. The van der Waals surface area contributed by atoms with Gasteiger partial charge in [-0.25, -0.2) is 0 Å². The molecule has 0 aromatic carbocycles. The van der Waals surface area contributed by atoms with Gasteiger partial charge in [-0.1, -0.05) is 0 Å². The zero-order valence-corrected chi connectivity index (χ0v) is 11.1. The Labute approximate surface area is 107 Å². The third kappa shape index (κ3) is 2.64. The third-order valence-electron chi connectivity index (χ3n) is 3.16. The first-order valence-electron chi connectivity index (χ1n) is 6.16. The average Bonchev–Trinajstić information content (AvgIpc) is 2.87. The molecule has 1 atom stereocenters. The number of anilines is 1. The number of aromatic nitrogens is 2. The summed E-state index contributed by atoms with van der Waals surface area (Å²) in [5.41, 5.74) is 0. The SMILES string of the molecule is CNCC1CCCN1c1nc(OC)cc(OC)n1. The normalized spacial score (nSPS) is 19.1. The van der Waals surface area contributed by atoms with E-state index in [0.29, 0.717) is 23.8 Å². The van der Waals surface area contributed by atoms with Gasteiger partial charge in [-0.15, -0.1) is 0 Å². The summed E-state index contributed by atoms with van der Waals surface area (Å²) < 4.78 is 10.4. The summed E-state index contributed by atoms with van der Waals surface area (Å²) in [6.45, 7) is 1.91. The molecular weight excluding hydrogens is 232 g/mol. The van der Waals surface area contributed by atoms with Gasteiger partial charge in [0.25, 0.3) is 0 Å². The van der Waals surface area contributed by atoms with Gasteiger partial charge in [0, 0.05) is 19.1 Å². The van der Waals surface area contributed by atoms with Gasteiger partial charge in [0.1, 0.15) is 0 Å². The van der Waals surface area contributed by atoms with Crippen LogP contribution in [0.5, 0.6) is 11.8 Å². The van der Waals surface area contributed by atoms with Gasteiger partial charge in [-0.3, -0.25) is 0 Å². The van der Waals surface area contributed by atoms with E-state index in [0.717, 1.165) is 25.9 Å².